The Balaban J connectivity index is 2.98. The van der Waals surface area contributed by atoms with E-state index in [1.54, 1.807) is 0 Å². The molecule has 0 N–H and O–H groups in total. The van der Waals surface area contributed by atoms with Crippen molar-refractivity contribution in [2.24, 2.45) is 0 Å². The van der Waals surface area contributed by atoms with E-state index < -0.39 is 29.9 Å². The number of halogens is 7. The Labute approximate surface area is 94.1 Å². The minimum Gasteiger partial charge on any atom is -0.446 e. The van der Waals surface area contributed by atoms with Crippen molar-refractivity contribution in [2.45, 2.75) is 12.5 Å². The third kappa shape index (κ3) is 3.03. The first-order valence-corrected chi connectivity index (χ1v) is 4.53. The molecule has 1 aromatic carbocycles. The van der Waals surface area contributed by atoms with Crippen LogP contribution in [0.1, 0.15) is 0 Å². The number of ether oxygens (including phenoxy) is 1. The monoisotopic (exact) mass is 308 g/mol. The zero-order valence-electron chi connectivity index (χ0n) is 7.29. The van der Waals surface area contributed by atoms with Crippen LogP contribution < -0.4 is 4.74 Å². The topological polar surface area (TPSA) is 9.23 Å². The van der Waals surface area contributed by atoms with E-state index in [4.69, 9.17) is 0 Å². The van der Waals surface area contributed by atoms with Crippen molar-refractivity contribution in [3.63, 3.8) is 0 Å². The van der Waals surface area contributed by atoms with Gasteiger partial charge in [-0.2, -0.15) is 17.6 Å². The van der Waals surface area contributed by atoms with E-state index in [9.17, 15) is 26.3 Å². The number of alkyl halides is 4. The molecule has 90 valence electrons. The van der Waals surface area contributed by atoms with E-state index in [0.717, 1.165) is 0 Å². The molecule has 0 aliphatic heterocycles. The lowest BCUT2D eigenvalue weighted by Gasteiger charge is -2.15. The number of hydrogen-bond donors (Lipinski definition) is 0. The fourth-order valence-corrected chi connectivity index (χ4v) is 1.21. The molecule has 0 saturated carbocycles. The molecule has 0 spiro atoms. The molecule has 0 amide bonds. The van der Waals surface area contributed by atoms with Crippen LogP contribution in [0.15, 0.2) is 16.6 Å². The summed E-state index contributed by atoms with van der Waals surface area (Å²) in [5.41, 5.74) is 0. The maximum Gasteiger partial charge on any atom is 0.457 e. The zero-order valence-corrected chi connectivity index (χ0v) is 8.87. The summed E-state index contributed by atoms with van der Waals surface area (Å²) in [6.45, 7) is 0. The lowest BCUT2D eigenvalue weighted by Crippen LogP contribution is -2.30. The van der Waals surface area contributed by atoms with Crippen molar-refractivity contribution in [3.8, 4) is 5.75 Å². The number of benzene rings is 1. The van der Waals surface area contributed by atoms with Gasteiger partial charge in [-0.15, -0.1) is 0 Å². The molecule has 1 unspecified atom stereocenters. The maximum absolute atomic E-state index is 12.9. The largest absolute Gasteiger partial charge is 0.457 e. The van der Waals surface area contributed by atoms with Gasteiger partial charge in [0.15, 0.2) is 17.4 Å². The van der Waals surface area contributed by atoms with Gasteiger partial charge in [-0.25, -0.2) is 8.78 Å². The summed E-state index contributed by atoms with van der Waals surface area (Å²) in [5, 5.41) is 0. The minimum absolute atomic E-state index is 0.0442. The van der Waals surface area contributed by atoms with Gasteiger partial charge in [-0.1, -0.05) is 15.9 Å². The van der Waals surface area contributed by atoms with E-state index in [1.165, 1.54) is 0 Å². The number of hydrogen-bond acceptors (Lipinski definition) is 1. The Morgan fingerprint density at radius 1 is 1.12 bits per heavy atom. The smallest absolute Gasteiger partial charge is 0.446 e. The highest BCUT2D eigenvalue weighted by atomic mass is 79.9. The van der Waals surface area contributed by atoms with Gasteiger partial charge in [0.2, 0.25) is 0 Å². The molecule has 0 radical (unpaired) electrons. The first kappa shape index (κ1) is 13.1. The fourth-order valence-electron chi connectivity index (χ4n) is 0.812. The molecule has 0 aromatic heterocycles. The highest BCUT2D eigenvalue weighted by Gasteiger charge is 2.43. The van der Waals surface area contributed by atoms with Crippen LogP contribution >= 0.6 is 15.9 Å². The molecule has 0 heterocycles. The van der Waals surface area contributed by atoms with Crippen LogP contribution in [0.25, 0.3) is 0 Å². The van der Waals surface area contributed by atoms with Gasteiger partial charge < -0.3 is 4.74 Å². The second kappa shape index (κ2) is 4.52. The zero-order chi connectivity index (χ0) is 12.5. The van der Waals surface area contributed by atoms with Gasteiger partial charge in [0.05, 0.1) is 0 Å². The molecule has 1 atom stereocenters. The predicted molar refractivity (Wildman–Crippen MR) is 45.6 cm³/mol. The Kier molecular flexibility index (Phi) is 3.72. The second-order valence-electron chi connectivity index (χ2n) is 2.67. The summed E-state index contributed by atoms with van der Waals surface area (Å²) in [6.07, 6.45) is -9.12. The van der Waals surface area contributed by atoms with Crippen molar-refractivity contribution < 1.29 is 31.1 Å². The summed E-state index contributed by atoms with van der Waals surface area (Å²) in [5.74, 6) is -4.27. The molecular weight excluding hydrogens is 306 g/mol. The van der Waals surface area contributed by atoms with Crippen LogP contribution in [0.4, 0.5) is 26.3 Å². The molecule has 0 bridgehead atoms. The van der Waals surface area contributed by atoms with Gasteiger partial charge in [0.1, 0.15) is 0 Å². The van der Waals surface area contributed by atoms with Crippen molar-refractivity contribution in [1.82, 2.24) is 0 Å². The Morgan fingerprint density at radius 2 is 1.56 bits per heavy atom. The normalized spacial score (nSPS) is 13.7. The highest BCUT2D eigenvalue weighted by Crippen LogP contribution is 2.31. The van der Waals surface area contributed by atoms with Crippen molar-refractivity contribution in [2.75, 3.05) is 0 Å². The summed E-state index contributed by atoms with van der Waals surface area (Å²) in [6, 6.07) is 1.31. The molecule has 0 saturated heterocycles. The molecule has 1 nitrogen and oxygen atoms in total. The quantitative estimate of drug-likeness (QED) is 0.751. The van der Waals surface area contributed by atoms with Crippen LogP contribution in [0, 0.1) is 11.6 Å². The SMILES string of the molecule is Fc1cc(Br)cc(F)c1OC(F)C(F)(F)F. The molecule has 0 aliphatic carbocycles. The first-order chi connectivity index (χ1) is 7.21. The fraction of sp³-hybridized carbons (Fsp3) is 0.250. The Bertz CT molecular complexity index is 368. The van der Waals surface area contributed by atoms with Crippen LogP contribution in [-0.4, -0.2) is 12.5 Å². The Morgan fingerprint density at radius 3 is 1.94 bits per heavy atom. The lowest BCUT2D eigenvalue weighted by molar-refractivity contribution is -0.237. The third-order valence-corrected chi connectivity index (χ3v) is 1.90. The van der Waals surface area contributed by atoms with Gasteiger partial charge >= 0.3 is 12.5 Å². The molecule has 1 aromatic rings. The van der Waals surface area contributed by atoms with Gasteiger partial charge in [-0.05, 0) is 12.1 Å². The van der Waals surface area contributed by atoms with E-state index >= 15 is 0 Å². The molecule has 1 rings (SSSR count). The molecule has 0 aliphatic rings. The second-order valence-corrected chi connectivity index (χ2v) is 3.59. The standard InChI is InChI=1S/C8H3BrF6O/c9-3-1-4(10)6(5(11)2-3)16-7(12)8(13,14)15/h1-2,7H. The average Bonchev–Trinajstić information content (AvgIpc) is 2.08. The van der Waals surface area contributed by atoms with Gasteiger partial charge in [-0.3, -0.25) is 0 Å². The average molecular weight is 309 g/mol. The van der Waals surface area contributed by atoms with Crippen molar-refractivity contribution in [3.05, 3.63) is 28.2 Å². The molecule has 0 fully saturated rings. The van der Waals surface area contributed by atoms with Crippen LogP contribution in [0.2, 0.25) is 0 Å². The summed E-state index contributed by atoms with van der Waals surface area (Å²) < 4.78 is 76.9. The molecule has 8 heteroatoms. The number of rotatable bonds is 2. The first-order valence-electron chi connectivity index (χ1n) is 3.74. The van der Waals surface area contributed by atoms with E-state index in [-0.39, 0.29) is 4.47 Å². The Hall–Kier alpha value is -0.920. The highest BCUT2D eigenvalue weighted by molar-refractivity contribution is 9.10. The van der Waals surface area contributed by atoms with Crippen molar-refractivity contribution in [1.29, 1.82) is 0 Å². The van der Waals surface area contributed by atoms with Crippen molar-refractivity contribution >= 4 is 15.9 Å². The molecular formula is C8H3BrF6O. The van der Waals surface area contributed by atoms with Crippen LogP contribution in [-0.2, 0) is 0 Å². The summed E-state index contributed by atoms with van der Waals surface area (Å²) >= 11 is 2.70. The summed E-state index contributed by atoms with van der Waals surface area (Å²) in [7, 11) is 0. The van der Waals surface area contributed by atoms with E-state index in [0.29, 0.717) is 12.1 Å². The van der Waals surface area contributed by atoms with E-state index in [1.807, 2.05) is 0 Å². The van der Waals surface area contributed by atoms with Crippen LogP contribution in [0.3, 0.4) is 0 Å². The predicted octanol–water partition coefficient (Wildman–Crippen LogP) is 3.96. The lowest BCUT2D eigenvalue weighted by atomic mass is 10.3. The van der Waals surface area contributed by atoms with E-state index in [2.05, 4.69) is 20.7 Å². The van der Waals surface area contributed by atoms with Gasteiger partial charge in [0, 0.05) is 4.47 Å². The van der Waals surface area contributed by atoms with Gasteiger partial charge in [0.25, 0.3) is 0 Å². The minimum atomic E-state index is -5.34. The summed E-state index contributed by atoms with van der Waals surface area (Å²) in [4.78, 5) is 0. The van der Waals surface area contributed by atoms with Crippen LogP contribution in [0.5, 0.6) is 5.75 Å². The third-order valence-electron chi connectivity index (χ3n) is 1.44. The maximum atomic E-state index is 12.9. The molecule has 16 heavy (non-hydrogen) atoms.